The topological polar surface area (TPSA) is 225 Å². The van der Waals surface area contributed by atoms with Crippen LogP contribution in [0.2, 0.25) is 0 Å². The van der Waals surface area contributed by atoms with Crippen molar-refractivity contribution in [2.45, 2.75) is 82.5 Å². The van der Waals surface area contributed by atoms with Gasteiger partial charge in [0.05, 0.1) is 0 Å². The number of aliphatic imine (C=N–C) groups is 1. The maximum atomic E-state index is 13.6. The number of benzene rings is 2. The van der Waals surface area contributed by atoms with Gasteiger partial charge in [0.2, 0.25) is 11.8 Å². The van der Waals surface area contributed by atoms with E-state index in [1.54, 1.807) is 20.8 Å². The predicted octanol–water partition coefficient (Wildman–Crippen LogP) is 2.88. The van der Waals surface area contributed by atoms with E-state index in [2.05, 4.69) is 20.9 Å². The number of carbonyl (C=O) groups excluding carboxylic acids is 4. The van der Waals surface area contributed by atoms with Crippen LogP contribution in [0, 0.1) is 0 Å². The van der Waals surface area contributed by atoms with Crippen molar-refractivity contribution in [2.75, 3.05) is 25.2 Å². The number of esters is 1. The van der Waals surface area contributed by atoms with Gasteiger partial charge < -0.3 is 42.0 Å². The van der Waals surface area contributed by atoms with E-state index in [0.29, 0.717) is 5.75 Å². The third kappa shape index (κ3) is 12.3. The van der Waals surface area contributed by atoms with E-state index in [4.69, 9.17) is 20.9 Å². The maximum Gasteiger partial charge on any atom is 0.407 e. The van der Waals surface area contributed by atoms with Crippen molar-refractivity contribution in [2.24, 2.45) is 16.5 Å². The van der Waals surface area contributed by atoms with Crippen LogP contribution < -0.4 is 27.4 Å². The third-order valence-corrected chi connectivity index (χ3v) is 8.46. The second-order valence-corrected chi connectivity index (χ2v) is 13.8. The molecule has 0 aliphatic heterocycles. The van der Waals surface area contributed by atoms with Crippen LogP contribution >= 0.6 is 11.8 Å². The molecule has 8 N–H and O–H groups in total. The fraction of sp³-hybridized carbons (Fsp3) is 0.486. The SMILES string of the molecule is CSCC[C@@H](NC(=O)OCC1c2ccccc2-c2ccccc21)C(=O)N[C@H](CCC(=O)OC(C)(C)C)C(=O)N[C@@H](CCCN=C(N)N)C(=O)O. The summed E-state index contributed by atoms with van der Waals surface area (Å²) >= 11 is 1.46. The van der Waals surface area contributed by atoms with Crippen LogP contribution in [0.25, 0.3) is 11.1 Å². The van der Waals surface area contributed by atoms with E-state index in [9.17, 15) is 29.1 Å². The molecule has 15 heteroatoms. The van der Waals surface area contributed by atoms with Crippen molar-refractivity contribution in [1.82, 2.24) is 16.0 Å². The van der Waals surface area contributed by atoms with E-state index in [0.717, 1.165) is 22.3 Å². The molecule has 0 spiro atoms. The van der Waals surface area contributed by atoms with Crippen molar-refractivity contribution < 1.29 is 38.6 Å². The summed E-state index contributed by atoms with van der Waals surface area (Å²) in [5.74, 6) is -3.25. The Labute approximate surface area is 296 Å². The van der Waals surface area contributed by atoms with E-state index in [-0.39, 0.29) is 57.1 Å². The molecular weight excluding hydrogens is 664 g/mol. The molecule has 3 amide bonds. The molecule has 2 aromatic carbocycles. The van der Waals surface area contributed by atoms with Gasteiger partial charge in [-0.2, -0.15) is 11.8 Å². The standard InChI is InChI=1S/C35H48N6O8S/c1-35(2,3)49-29(42)16-15-26(30(43)40-28(32(45)46)14-9-18-38-33(36)37)39-31(44)27(17-19-50-4)41-34(47)48-20-25-23-12-7-5-10-21(23)22-11-6-8-13-24(22)25/h5-8,10-13,25-28H,9,14-20H2,1-4H3,(H,39,44)(H,40,43)(H,41,47)(H,45,46)(H4,36,37,38)/t26-,27-,28+/m1/s1. The van der Waals surface area contributed by atoms with Gasteiger partial charge in [-0.25, -0.2) is 9.59 Å². The highest BCUT2D eigenvalue weighted by Gasteiger charge is 2.32. The number of amides is 3. The fourth-order valence-corrected chi connectivity index (χ4v) is 5.99. The van der Waals surface area contributed by atoms with Crippen LogP contribution in [-0.4, -0.2) is 89.8 Å². The van der Waals surface area contributed by atoms with Gasteiger partial charge in [-0.1, -0.05) is 48.5 Å². The zero-order valence-electron chi connectivity index (χ0n) is 28.9. The molecule has 0 radical (unpaired) electrons. The van der Waals surface area contributed by atoms with Gasteiger partial charge in [0.15, 0.2) is 5.96 Å². The van der Waals surface area contributed by atoms with Crippen LogP contribution in [0.1, 0.15) is 69.9 Å². The minimum absolute atomic E-state index is 0.00424. The summed E-state index contributed by atoms with van der Waals surface area (Å²) in [4.78, 5) is 68.4. The highest BCUT2D eigenvalue weighted by atomic mass is 32.2. The van der Waals surface area contributed by atoms with Gasteiger partial charge in [-0.15, -0.1) is 0 Å². The first-order valence-electron chi connectivity index (χ1n) is 16.4. The van der Waals surface area contributed by atoms with Gasteiger partial charge >= 0.3 is 18.0 Å². The number of carbonyl (C=O) groups is 5. The number of hydrogen-bond donors (Lipinski definition) is 6. The molecule has 0 saturated heterocycles. The lowest BCUT2D eigenvalue weighted by Crippen LogP contribution is -2.56. The molecule has 0 aromatic heterocycles. The summed E-state index contributed by atoms with van der Waals surface area (Å²) in [6.07, 6.45) is 1.07. The Hall–Kier alpha value is -4.79. The Morgan fingerprint density at radius 3 is 1.96 bits per heavy atom. The fourth-order valence-electron chi connectivity index (χ4n) is 5.52. The van der Waals surface area contributed by atoms with Crippen molar-refractivity contribution in [3.05, 3.63) is 59.7 Å². The molecule has 1 aliphatic rings. The van der Waals surface area contributed by atoms with E-state index < -0.39 is 53.6 Å². The highest BCUT2D eigenvalue weighted by molar-refractivity contribution is 7.98. The number of aliphatic carboxylic acids is 1. The molecule has 0 fully saturated rings. The van der Waals surface area contributed by atoms with Gasteiger partial charge in [-0.05, 0) is 80.7 Å². The summed E-state index contributed by atoms with van der Waals surface area (Å²) in [6.45, 7) is 5.28. The molecular formula is C35H48N6O8S. The largest absolute Gasteiger partial charge is 0.480 e. The Balaban J connectivity index is 1.71. The molecule has 0 saturated carbocycles. The molecule has 1 aliphatic carbocycles. The van der Waals surface area contributed by atoms with Crippen LogP contribution in [0.15, 0.2) is 53.5 Å². The molecule has 0 heterocycles. The van der Waals surface area contributed by atoms with Gasteiger partial charge in [0.25, 0.3) is 0 Å². The van der Waals surface area contributed by atoms with Crippen LogP contribution in [0.5, 0.6) is 0 Å². The first kappa shape index (κ1) is 39.6. The Bertz CT molecular complexity index is 1500. The molecule has 0 unspecified atom stereocenters. The van der Waals surface area contributed by atoms with E-state index >= 15 is 0 Å². The van der Waals surface area contributed by atoms with E-state index in [1.165, 1.54) is 11.8 Å². The smallest absolute Gasteiger partial charge is 0.407 e. The molecule has 50 heavy (non-hydrogen) atoms. The van der Waals surface area contributed by atoms with Crippen LogP contribution in [-0.2, 0) is 28.7 Å². The summed E-state index contributed by atoms with van der Waals surface area (Å²) < 4.78 is 11.0. The van der Waals surface area contributed by atoms with E-state index in [1.807, 2.05) is 54.8 Å². The second kappa shape index (κ2) is 18.8. The number of carboxylic acid groups (broad SMARTS) is 1. The Morgan fingerprint density at radius 2 is 1.42 bits per heavy atom. The molecule has 0 bridgehead atoms. The summed E-state index contributed by atoms with van der Waals surface area (Å²) in [6, 6.07) is 12.1. The van der Waals surface area contributed by atoms with Gasteiger partial charge in [0.1, 0.15) is 30.3 Å². The van der Waals surface area contributed by atoms with Crippen LogP contribution in [0.3, 0.4) is 0 Å². The van der Waals surface area contributed by atoms with Crippen molar-refractivity contribution in [3.8, 4) is 11.1 Å². The minimum Gasteiger partial charge on any atom is -0.480 e. The molecule has 272 valence electrons. The van der Waals surface area contributed by atoms with Crippen molar-refractivity contribution in [3.63, 3.8) is 0 Å². The molecule has 14 nitrogen and oxygen atoms in total. The average Bonchev–Trinajstić information content (AvgIpc) is 3.37. The van der Waals surface area contributed by atoms with Crippen molar-refractivity contribution >= 4 is 47.6 Å². The third-order valence-electron chi connectivity index (χ3n) is 7.81. The maximum absolute atomic E-state index is 13.6. The quantitative estimate of drug-likeness (QED) is 0.0570. The minimum atomic E-state index is -1.32. The number of ether oxygens (including phenoxy) is 2. The number of rotatable bonds is 18. The Kier molecular flexibility index (Phi) is 14.9. The van der Waals surface area contributed by atoms with Crippen LogP contribution in [0.4, 0.5) is 4.79 Å². The van der Waals surface area contributed by atoms with Gasteiger partial charge in [-0.3, -0.25) is 19.4 Å². The molecule has 3 atom stereocenters. The predicted molar refractivity (Wildman–Crippen MR) is 191 cm³/mol. The average molecular weight is 713 g/mol. The second-order valence-electron chi connectivity index (χ2n) is 12.8. The highest BCUT2D eigenvalue weighted by Crippen LogP contribution is 2.44. The van der Waals surface area contributed by atoms with Gasteiger partial charge in [0, 0.05) is 18.9 Å². The first-order chi connectivity index (χ1) is 23.7. The molecule has 3 rings (SSSR count). The number of nitrogens with two attached hydrogens (primary N) is 2. The Morgan fingerprint density at radius 1 is 0.860 bits per heavy atom. The monoisotopic (exact) mass is 712 g/mol. The number of nitrogens with zero attached hydrogens (tertiary/aromatic N) is 1. The molecule has 2 aromatic rings. The van der Waals surface area contributed by atoms with Crippen molar-refractivity contribution in [1.29, 1.82) is 0 Å². The number of guanidine groups is 1. The lowest BCUT2D eigenvalue weighted by atomic mass is 9.98. The zero-order chi connectivity index (χ0) is 36.8. The number of thioether (sulfide) groups is 1. The zero-order valence-corrected chi connectivity index (χ0v) is 29.7. The summed E-state index contributed by atoms with van der Waals surface area (Å²) in [5, 5.41) is 17.4. The number of nitrogens with one attached hydrogen (secondary N) is 3. The first-order valence-corrected chi connectivity index (χ1v) is 17.8. The summed E-state index contributed by atoms with van der Waals surface area (Å²) in [7, 11) is 0. The number of hydrogen-bond acceptors (Lipinski definition) is 9. The lowest BCUT2D eigenvalue weighted by molar-refractivity contribution is -0.155. The summed E-state index contributed by atoms with van der Waals surface area (Å²) in [5.41, 5.74) is 14.1. The lowest BCUT2D eigenvalue weighted by Gasteiger charge is -2.25. The number of alkyl carbamates (subject to hydrolysis) is 1. The normalized spacial score (nSPS) is 13.8. The number of carboxylic acids is 1. The number of fused-ring (bicyclic) bond motifs is 3.